The highest BCUT2D eigenvalue weighted by molar-refractivity contribution is 5.76. The zero-order chi connectivity index (χ0) is 44.7. The van der Waals surface area contributed by atoms with Crippen LogP contribution in [-0.4, -0.2) is 82.3 Å². The molecule has 7 N–H and O–H groups in total. The van der Waals surface area contributed by atoms with Crippen molar-refractivity contribution in [1.82, 2.24) is 16.0 Å². The van der Waals surface area contributed by atoms with Gasteiger partial charge < -0.3 is 36.4 Å². The molecule has 0 aliphatic heterocycles. The Balaban J connectivity index is 0.649. The minimum Gasteiger partial charge on any atom is -0.393 e. The van der Waals surface area contributed by atoms with E-state index in [9.17, 15) is 30.0 Å². The van der Waals surface area contributed by atoms with Crippen molar-refractivity contribution in [3.63, 3.8) is 0 Å². The first-order valence-electron chi connectivity index (χ1n) is 27.0. The number of aliphatic hydroxyl groups is 4. The molecular weight excluding hydrogens is 787 g/mol. The Hall–Kier alpha value is -1.26. The molecule has 0 aromatic rings. The van der Waals surface area contributed by atoms with Gasteiger partial charge in [0.25, 0.3) is 0 Å². The summed E-state index contributed by atoms with van der Waals surface area (Å²) < 4.78 is 0. The van der Waals surface area contributed by atoms with Crippen LogP contribution in [0.2, 0.25) is 0 Å². The van der Waals surface area contributed by atoms with Gasteiger partial charge in [-0.15, -0.1) is 0 Å². The van der Waals surface area contributed by atoms with E-state index in [0.29, 0.717) is 116 Å². The van der Waals surface area contributed by atoms with Crippen molar-refractivity contribution < 1.29 is 30.0 Å². The Morgan fingerprint density at radius 1 is 0.556 bits per heavy atom. The van der Waals surface area contributed by atoms with Gasteiger partial charge in [0.15, 0.2) is 0 Å². The monoisotopic (exact) mass is 878 g/mol. The van der Waals surface area contributed by atoms with E-state index in [4.69, 9.17) is 0 Å². The lowest BCUT2D eigenvalue weighted by atomic mass is 9.33. The van der Waals surface area contributed by atoms with Crippen LogP contribution in [0.25, 0.3) is 0 Å². The Bertz CT molecular complexity index is 1660. The molecular formula is C54H91N3O6. The molecule has 9 saturated carbocycles. The summed E-state index contributed by atoms with van der Waals surface area (Å²) in [7, 11) is 0. The van der Waals surface area contributed by atoms with E-state index in [1.54, 1.807) is 0 Å². The number of carbonyl (C=O) groups excluding carboxylic acids is 2. The quantitative estimate of drug-likeness (QED) is 0.0875. The zero-order valence-electron chi connectivity index (χ0n) is 40.5. The Morgan fingerprint density at radius 2 is 1.05 bits per heavy atom. The first-order valence-corrected chi connectivity index (χ1v) is 27.0. The van der Waals surface area contributed by atoms with E-state index in [0.717, 1.165) is 89.9 Å². The molecule has 9 fully saturated rings. The maximum atomic E-state index is 13.0. The van der Waals surface area contributed by atoms with Crippen molar-refractivity contribution >= 4 is 11.8 Å². The van der Waals surface area contributed by atoms with Gasteiger partial charge in [-0.2, -0.15) is 0 Å². The lowest BCUT2D eigenvalue weighted by Crippen LogP contribution is -2.75. The average Bonchev–Trinajstić information content (AvgIpc) is 3.78. The summed E-state index contributed by atoms with van der Waals surface area (Å²) in [5.41, 5.74) is 0.0952. The summed E-state index contributed by atoms with van der Waals surface area (Å²) in [5, 5.41) is 55.1. The Labute approximate surface area is 381 Å². The Morgan fingerprint density at radius 3 is 1.65 bits per heavy atom. The minimum atomic E-state index is -0.522. The zero-order valence-corrected chi connectivity index (χ0v) is 40.5. The summed E-state index contributed by atoms with van der Waals surface area (Å²) >= 11 is 0. The highest BCUT2D eigenvalue weighted by atomic mass is 16.3. The molecule has 358 valence electrons. The van der Waals surface area contributed by atoms with Crippen LogP contribution in [0.4, 0.5) is 0 Å². The molecule has 63 heavy (non-hydrogen) atoms. The fourth-order valence-corrected chi connectivity index (χ4v) is 20.0. The largest absolute Gasteiger partial charge is 0.393 e. The molecule has 9 rings (SSSR count). The number of aliphatic hydroxyl groups excluding tert-OH is 3. The van der Waals surface area contributed by atoms with Crippen molar-refractivity contribution in [1.29, 1.82) is 0 Å². The summed E-state index contributed by atoms with van der Waals surface area (Å²) in [5.74, 6) is 6.84. The van der Waals surface area contributed by atoms with Crippen molar-refractivity contribution in [2.24, 2.45) is 98.6 Å². The first kappa shape index (κ1) is 46.8. The van der Waals surface area contributed by atoms with Gasteiger partial charge in [0.2, 0.25) is 11.8 Å². The van der Waals surface area contributed by atoms with Gasteiger partial charge in [0, 0.05) is 39.0 Å². The number of hydrogen-bond acceptors (Lipinski definition) is 7. The van der Waals surface area contributed by atoms with Gasteiger partial charge in [-0.05, 0) is 221 Å². The molecule has 9 aliphatic carbocycles. The third-order valence-corrected chi connectivity index (χ3v) is 23.3. The van der Waals surface area contributed by atoms with Crippen LogP contribution in [-0.2, 0) is 9.59 Å². The van der Waals surface area contributed by atoms with Gasteiger partial charge in [-0.1, -0.05) is 41.5 Å². The molecule has 9 unspecified atom stereocenters. The van der Waals surface area contributed by atoms with Crippen molar-refractivity contribution in [2.45, 2.75) is 200 Å². The van der Waals surface area contributed by atoms with Crippen LogP contribution >= 0.6 is 0 Å². The normalized spacial score (nSPS) is 50.5. The van der Waals surface area contributed by atoms with E-state index >= 15 is 0 Å². The van der Waals surface area contributed by atoms with Crippen LogP contribution in [0.3, 0.4) is 0 Å². The van der Waals surface area contributed by atoms with Crippen molar-refractivity contribution in [3.8, 4) is 0 Å². The van der Waals surface area contributed by atoms with Gasteiger partial charge >= 0.3 is 0 Å². The van der Waals surface area contributed by atoms with Gasteiger partial charge in [0.1, 0.15) is 0 Å². The van der Waals surface area contributed by atoms with Crippen molar-refractivity contribution in [2.75, 3.05) is 26.2 Å². The number of hydrogen-bond donors (Lipinski definition) is 7. The lowest BCUT2D eigenvalue weighted by Gasteiger charge is -2.74. The SMILES string of the molecule is C[C@H](CCC(=O)NCCNCCNC(=O)CC[C@H](C)[C@H]1CCC2[C@@]3(O)C4CCC5C[C@H](O)CC[C@]5(C)C4CCC3[C@@]21C)[C@H]1CCC2C3CCC4C[C@H](O)CC[C@]4(C)C3C[C@@H](O)[C@@]21C. The van der Waals surface area contributed by atoms with Crippen LogP contribution in [0, 0.1) is 98.6 Å². The van der Waals surface area contributed by atoms with E-state index in [2.05, 4.69) is 57.5 Å². The van der Waals surface area contributed by atoms with E-state index in [-0.39, 0.29) is 51.8 Å². The van der Waals surface area contributed by atoms with Crippen LogP contribution in [0.15, 0.2) is 0 Å². The molecule has 0 saturated heterocycles. The molecule has 21 atom stereocenters. The molecule has 0 heterocycles. The number of amides is 2. The molecule has 0 aromatic carbocycles. The summed E-state index contributed by atoms with van der Waals surface area (Å²) in [6.07, 6.45) is 20.9. The molecule has 0 radical (unpaired) electrons. The van der Waals surface area contributed by atoms with Crippen LogP contribution in [0.5, 0.6) is 0 Å². The predicted molar refractivity (Wildman–Crippen MR) is 248 cm³/mol. The summed E-state index contributed by atoms with van der Waals surface area (Å²) in [6.45, 7) is 17.1. The standard InChI is InChI=1S/C54H91N3O6/c1-32(39-13-14-41-38-11-9-34-29-37(59)22-24-51(34,4)44(38)31-47(60)52(39,41)5)7-19-48(61)56-27-25-55-26-28-57-49(62)20-8-33(2)40-15-17-45-53(40,6)46-18-16-42-43(54(45,46)63)12-10-35-30-36(58)21-23-50(35,42)3/h32-47,55,58-60,63H,7-31H2,1-6H3,(H,56,61)(H,57,62)/t32-,33+,34?,35?,36-,37-,38?,39-,40-,41?,42?,43?,44?,45?,46?,47-,50+,51+,52-,53-,54+/m1/s1. The fourth-order valence-electron chi connectivity index (χ4n) is 20.0. The first-order chi connectivity index (χ1) is 30.0. The topological polar surface area (TPSA) is 151 Å². The highest BCUT2D eigenvalue weighted by Gasteiger charge is 2.77. The molecule has 9 aliphatic rings. The average molecular weight is 878 g/mol. The van der Waals surface area contributed by atoms with Crippen molar-refractivity contribution in [3.05, 3.63) is 0 Å². The van der Waals surface area contributed by atoms with Gasteiger partial charge in [-0.25, -0.2) is 0 Å². The smallest absolute Gasteiger partial charge is 0.220 e. The second-order valence-corrected chi connectivity index (χ2v) is 25.4. The molecule has 9 nitrogen and oxygen atoms in total. The van der Waals surface area contributed by atoms with Crippen LogP contribution < -0.4 is 16.0 Å². The highest BCUT2D eigenvalue weighted by Crippen LogP contribution is 2.78. The molecule has 0 bridgehead atoms. The van der Waals surface area contributed by atoms with E-state index in [1.807, 2.05) is 0 Å². The third kappa shape index (κ3) is 7.63. The molecule has 2 amide bonds. The second-order valence-electron chi connectivity index (χ2n) is 25.4. The number of rotatable bonds is 14. The molecule has 9 heteroatoms. The molecule has 0 spiro atoms. The van der Waals surface area contributed by atoms with Crippen LogP contribution in [0.1, 0.15) is 176 Å². The maximum absolute atomic E-state index is 13.0. The summed E-state index contributed by atoms with van der Waals surface area (Å²) in [4.78, 5) is 25.9. The minimum absolute atomic E-state index is 0.0753. The number of carbonyl (C=O) groups is 2. The van der Waals surface area contributed by atoms with Gasteiger partial charge in [0.05, 0.1) is 23.9 Å². The number of fused-ring (bicyclic) bond motifs is 13. The third-order valence-electron chi connectivity index (χ3n) is 23.3. The maximum Gasteiger partial charge on any atom is 0.220 e. The Kier molecular flexibility index (Phi) is 13.1. The summed E-state index contributed by atoms with van der Waals surface area (Å²) in [6, 6.07) is 0. The predicted octanol–water partition coefficient (Wildman–Crippen LogP) is 8.01. The van der Waals surface area contributed by atoms with E-state index < -0.39 is 5.60 Å². The number of nitrogens with one attached hydrogen (secondary N) is 3. The lowest BCUT2D eigenvalue weighted by molar-refractivity contribution is -0.320. The van der Waals surface area contributed by atoms with Gasteiger partial charge in [-0.3, -0.25) is 9.59 Å². The van der Waals surface area contributed by atoms with E-state index in [1.165, 1.54) is 32.1 Å². The molecule has 0 aromatic heterocycles. The second kappa shape index (κ2) is 17.7. The fraction of sp³-hybridized carbons (Fsp3) is 0.963.